The topological polar surface area (TPSA) is 63.6 Å². The van der Waals surface area contributed by atoms with E-state index in [9.17, 15) is 9.59 Å². The van der Waals surface area contributed by atoms with Gasteiger partial charge in [0, 0.05) is 6.42 Å². The summed E-state index contributed by atoms with van der Waals surface area (Å²) in [5, 5.41) is 9.12. The second-order valence-electron chi connectivity index (χ2n) is 6.45. The summed E-state index contributed by atoms with van der Waals surface area (Å²) in [4.78, 5) is 22.9. The highest BCUT2D eigenvalue weighted by Crippen LogP contribution is 2.26. The van der Waals surface area contributed by atoms with E-state index in [-0.39, 0.29) is 18.3 Å². The van der Waals surface area contributed by atoms with Crippen molar-refractivity contribution in [2.45, 2.75) is 50.9 Å². The standard InChI is InChI=1S/C22H26O4/c23-21(24)17-19(18-11-6-3-7-12-18)13-5-1-2-10-16-22(25)26-20-14-8-4-9-15-20/h3-4,6-9,11-12,14-15,19H,1-2,5,10,13,16-17H2,(H,23,24). The molecule has 2 rings (SSSR count). The number of rotatable bonds is 11. The van der Waals surface area contributed by atoms with E-state index in [1.165, 1.54) is 0 Å². The highest BCUT2D eigenvalue weighted by molar-refractivity contribution is 5.72. The van der Waals surface area contributed by atoms with Gasteiger partial charge in [-0.3, -0.25) is 9.59 Å². The van der Waals surface area contributed by atoms with Gasteiger partial charge in [0.1, 0.15) is 5.75 Å². The Labute approximate surface area is 154 Å². The minimum atomic E-state index is -0.762. The van der Waals surface area contributed by atoms with Crippen molar-refractivity contribution in [2.75, 3.05) is 0 Å². The van der Waals surface area contributed by atoms with Gasteiger partial charge in [0.15, 0.2) is 0 Å². The summed E-state index contributed by atoms with van der Waals surface area (Å²) in [5.41, 5.74) is 1.08. The molecule has 0 amide bonds. The summed E-state index contributed by atoms with van der Waals surface area (Å²) >= 11 is 0. The molecule has 1 atom stereocenters. The second kappa shape index (κ2) is 11.1. The predicted molar refractivity (Wildman–Crippen MR) is 101 cm³/mol. The molecule has 2 aromatic rings. The van der Waals surface area contributed by atoms with Crippen LogP contribution in [0.15, 0.2) is 60.7 Å². The molecule has 0 bridgehead atoms. The number of esters is 1. The first-order valence-electron chi connectivity index (χ1n) is 9.17. The summed E-state index contributed by atoms with van der Waals surface area (Å²) in [6.45, 7) is 0. The molecule has 0 aliphatic carbocycles. The van der Waals surface area contributed by atoms with Crippen LogP contribution in [0.1, 0.15) is 56.4 Å². The molecule has 0 radical (unpaired) electrons. The first kappa shape index (κ1) is 19.7. The summed E-state index contributed by atoms with van der Waals surface area (Å²) in [7, 11) is 0. The van der Waals surface area contributed by atoms with Crippen LogP contribution in [0.2, 0.25) is 0 Å². The number of unbranched alkanes of at least 4 members (excludes halogenated alkanes) is 3. The van der Waals surface area contributed by atoms with E-state index in [1.807, 2.05) is 48.5 Å². The van der Waals surface area contributed by atoms with Crippen LogP contribution < -0.4 is 4.74 Å². The zero-order valence-electron chi connectivity index (χ0n) is 15.0. The zero-order chi connectivity index (χ0) is 18.6. The third-order valence-electron chi connectivity index (χ3n) is 4.35. The highest BCUT2D eigenvalue weighted by Gasteiger charge is 2.15. The number of carboxylic acids is 1. The van der Waals surface area contributed by atoms with Gasteiger partial charge < -0.3 is 9.84 Å². The van der Waals surface area contributed by atoms with Gasteiger partial charge in [-0.1, -0.05) is 67.8 Å². The van der Waals surface area contributed by atoms with Gasteiger partial charge in [-0.15, -0.1) is 0 Å². The molecule has 138 valence electrons. The number of ether oxygens (including phenoxy) is 1. The fourth-order valence-electron chi connectivity index (χ4n) is 3.01. The Morgan fingerprint density at radius 2 is 1.46 bits per heavy atom. The Bertz CT molecular complexity index is 667. The Kier molecular flexibility index (Phi) is 8.40. The molecule has 0 heterocycles. The molecule has 1 N–H and O–H groups in total. The van der Waals surface area contributed by atoms with E-state index >= 15 is 0 Å². The van der Waals surface area contributed by atoms with Crippen molar-refractivity contribution in [3.8, 4) is 5.75 Å². The Balaban J connectivity index is 1.64. The van der Waals surface area contributed by atoms with E-state index < -0.39 is 5.97 Å². The van der Waals surface area contributed by atoms with Gasteiger partial charge in [0.05, 0.1) is 6.42 Å². The number of hydrogen-bond acceptors (Lipinski definition) is 3. The summed E-state index contributed by atoms with van der Waals surface area (Å²) in [6, 6.07) is 18.9. The average Bonchev–Trinajstić information content (AvgIpc) is 2.65. The maximum atomic E-state index is 11.8. The van der Waals surface area contributed by atoms with E-state index in [0.717, 1.165) is 37.7 Å². The quantitative estimate of drug-likeness (QED) is 0.343. The number of benzene rings is 2. The maximum absolute atomic E-state index is 11.8. The van der Waals surface area contributed by atoms with E-state index in [4.69, 9.17) is 9.84 Å². The monoisotopic (exact) mass is 354 g/mol. The van der Waals surface area contributed by atoms with Gasteiger partial charge in [0.25, 0.3) is 0 Å². The van der Waals surface area contributed by atoms with Crippen LogP contribution in [-0.4, -0.2) is 17.0 Å². The zero-order valence-corrected chi connectivity index (χ0v) is 15.0. The van der Waals surface area contributed by atoms with Crippen LogP contribution in [0.4, 0.5) is 0 Å². The molecule has 0 spiro atoms. The van der Waals surface area contributed by atoms with Crippen molar-refractivity contribution in [1.82, 2.24) is 0 Å². The summed E-state index contributed by atoms with van der Waals surface area (Å²) in [5.74, 6) is -0.333. The Morgan fingerprint density at radius 3 is 2.12 bits per heavy atom. The second-order valence-corrected chi connectivity index (χ2v) is 6.45. The number of carboxylic acid groups (broad SMARTS) is 1. The lowest BCUT2D eigenvalue weighted by molar-refractivity contribution is -0.137. The molecule has 0 aliphatic heterocycles. The molecule has 0 aliphatic rings. The third kappa shape index (κ3) is 7.51. The summed E-state index contributed by atoms with van der Waals surface area (Å²) in [6.07, 6.45) is 5.10. The molecule has 0 fully saturated rings. The van der Waals surface area contributed by atoms with Crippen LogP contribution in [0.25, 0.3) is 0 Å². The maximum Gasteiger partial charge on any atom is 0.311 e. The number of hydrogen-bond donors (Lipinski definition) is 1. The van der Waals surface area contributed by atoms with E-state index in [0.29, 0.717) is 12.2 Å². The third-order valence-corrected chi connectivity index (χ3v) is 4.35. The Morgan fingerprint density at radius 1 is 0.846 bits per heavy atom. The normalized spacial score (nSPS) is 11.7. The molecule has 0 saturated heterocycles. The smallest absolute Gasteiger partial charge is 0.311 e. The van der Waals surface area contributed by atoms with E-state index in [1.54, 1.807) is 12.1 Å². The SMILES string of the molecule is O=C(O)CC(CCCCCCC(=O)Oc1ccccc1)c1ccccc1. The van der Waals surface area contributed by atoms with Gasteiger partial charge in [-0.25, -0.2) is 0 Å². The number of carbonyl (C=O) groups excluding carboxylic acids is 1. The van der Waals surface area contributed by atoms with Crippen LogP contribution in [0.3, 0.4) is 0 Å². The number of para-hydroxylation sites is 1. The molecular formula is C22H26O4. The molecule has 0 aromatic heterocycles. The fraction of sp³-hybridized carbons (Fsp3) is 0.364. The van der Waals surface area contributed by atoms with Crippen molar-refractivity contribution in [3.05, 3.63) is 66.2 Å². The molecule has 0 saturated carbocycles. The van der Waals surface area contributed by atoms with Crippen molar-refractivity contribution in [2.24, 2.45) is 0 Å². The largest absolute Gasteiger partial charge is 0.481 e. The van der Waals surface area contributed by atoms with Crippen molar-refractivity contribution < 1.29 is 19.4 Å². The van der Waals surface area contributed by atoms with Crippen LogP contribution in [0.5, 0.6) is 5.75 Å². The number of aliphatic carboxylic acids is 1. The van der Waals surface area contributed by atoms with Crippen LogP contribution >= 0.6 is 0 Å². The van der Waals surface area contributed by atoms with Crippen molar-refractivity contribution in [1.29, 1.82) is 0 Å². The molecule has 2 aromatic carbocycles. The summed E-state index contributed by atoms with van der Waals surface area (Å²) < 4.78 is 5.26. The van der Waals surface area contributed by atoms with Crippen molar-refractivity contribution >= 4 is 11.9 Å². The van der Waals surface area contributed by atoms with E-state index in [2.05, 4.69) is 0 Å². The molecule has 26 heavy (non-hydrogen) atoms. The molecule has 4 nitrogen and oxygen atoms in total. The molecular weight excluding hydrogens is 328 g/mol. The molecule has 1 unspecified atom stereocenters. The lowest BCUT2D eigenvalue weighted by Crippen LogP contribution is -2.07. The van der Waals surface area contributed by atoms with Crippen LogP contribution in [-0.2, 0) is 9.59 Å². The first-order chi connectivity index (χ1) is 12.6. The van der Waals surface area contributed by atoms with Crippen LogP contribution in [0, 0.1) is 0 Å². The highest BCUT2D eigenvalue weighted by atomic mass is 16.5. The lowest BCUT2D eigenvalue weighted by atomic mass is 9.90. The van der Waals surface area contributed by atoms with Gasteiger partial charge >= 0.3 is 11.9 Å². The number of carbonyl (C=O) groups is 2. The minimum Gasteiger partial charge on any atom is -0.481 e. The molecule has 4 heteroatoms. The van der Waals surface area contributed by atoms with Gasteiger partial charge in [-0.05, 0) is 36.5 Å². The van der Waals surface area contributed by atoms with Gasteiger partial charge in [0.2, 0.25) is 0 Å². The minimum absolute atomic E-state index is 0.0525. The first-order valence-corrected chi connectivity index (χ1v) is 9.17. The van der Waals surface area contributed by atoms with Crippen molar-refractivity contribution in [3.63, 3.8) is 0 Å². The Hall–Kier alpha value is -2.62. The predicted octanol–water partition coefficient (Wildman–Crippen LogP) is 5.19. The fourth-order valence-corrected chi connectivity index (χ4v) is 3.01. The average molecular weight is 354 g/mol. The van der Waals surface area contributed by atoms with Gasteiger partial charge in [-0.2, -0.15) is 0 Å². The lowest BCUT2D eigenvalue weighted by Gasteiger charge is -2.15.